The maximum absolute atomic E-state index is 12.1. The Labute approximate surface area is 117 Å². The fourth-order valence-electron chi connectivity index (χ4n) is 1.61. The summed E-state index contributed by atoms with van der Waals surface area (Å²) in [6, 6.07) is 10.6. The number of phenols is 1. The van der Waals surface area contributed by atoms with Crippen molar-refractivity contribution in [1.29, 1.82) is 0 Å². The van der Waals surface area contributed by atoms with Gasteiger partial charge in [0, 0.05) is 0 Å². The molecule has 0 spiro atoms. The minimum absolute atomic E-state index is 0.00778. The third kappa shape index (κ3) is 2.85. The van der Waals surface area contributed by atoms with Crippen molar-refractivity contribution in [3.05, 3.63) is 48.0 Å². The molecule has 0 heterocycles. The molecule has 0 bridgehead atoms. The van der Waals surface area contributed by atoms with Crippen LogP contribution in [0.15, 0.2) is 47.4 Å². The summed E-state index contributed by atoms with van der Waals surface area (Å²) >= 11 is 0. The van der Waals surface area contributed by atoms with Crippen molar-refractivity contribution in [2.45, 2.75) is 11.8 Å². The normalized spacial score (nSPS) is 11.1. The summed E-state index contributed by atoms with van der Waals surface area (Å²) in [6.07, 6.45) is 0. The Bertz CT molecular complexity index is 705. The lowest BCUT2D eigenvalue weighted by Gasteiger charge is -2.11. The highest BCUT2D eigenvalue weighted by Crippen LogP contribution is 2.37. The van der Waals surface area contributed by atoms with Crippen LogP contribution in [-0.4, -0.2) is 20.6 Å². The molecule has 20 heavy (non-hydrogen) atoms. The van der Waals surface area contributed by atoms with E-state index in [0.717, 1.165) is 5.56 Å². The smallest absolute Gasteiger partial charge is 0.339 e. The fraction of sp³-hybridized carbons (Fsp3) is 0.143. The predicted octanol–water partition coefficient (Wildman–Crippen LogP) is 2.48. The number of methoxy groups -OCH3 is 1. The monoisotopic (exact) mass is 294 g/mol. The van der Waals surface area contributed by atoms with Gasteiger partial charge < -0.3 is 14.0 Å². The maximum atomic E-state index is 12.1. The summed E-state index contributed by atoms with van der Waals surface area (Å²) < 4.78 is 34.2. The van der Waals surface area contributed by atoms with Crippen LogP contribution in [0.3, 0.4) is 0 Å². The van der Waals surface area contributed by atoms with E-state index in [0.29, 0.717) is 0 Å². The number of phenolic OH excluding ortho intramolecular Hbond substituents is 1. The maximum Gasteiger partial charge on any atom is 0.339 e. The van der Waals surface area contributed by atoms with E-state index in [-0.39, 0.29) is 22.1 Å². The molecule has 0 aliphatic heterocycles. The molecule has 1 N–H and O–H groups in total. The number of ether oxygens (including phenoxy) is 1. The van der Waals surface area contributed by atoms with Crippen molar-refractivity contribution in [1.82, 2.24) is 0 Å². The summed E-state index contributed by atoms with van der Waals surface area (Å²) in [5.74, 6) is -0.392. The van der Waals surface area contributed by atoms with E-state index < -0.39 is 10.1 Å². The quantitative estimate of drug-likeness (QED) is 0.877. The molecule has 106 valence electrons. The van der Waals surface area contributed by atoms with Crippen LogP contribution in [0.1, 0.15) is 5.56 Å². The van der Waals surface area contributed by atoms with Crippen LogP contribution in [0.25, 0.3) is 0 Å². The van der Waals surface area contributed by atoms with Crippen molar-refractivity contribution in [2.75, 3.05) is 7.11 Å². The fourth-order valence-corrected chi connectivity index (χ4v) is 2.56. The minimum Gasteiger partial charge on any atom is -0.504 e. The van der Waals surface area contributed by atoms with Gasteiger partial charge in [-0.15, -0.1) is 0 Å². The number of aryl methyl sites for hydroxylation is 1. The molecule has 0 atom stereocenters. The van der Waals surface area contributed by atoms with Crippen LogP contribution in [0.2, 0.25) is 0 Å². The highest BCUT2D eigenvalue weighted by atomic mass is 32.2. The predicted molar refractivity (Wildman–Crippen MR) is 73.7 cm³/mol. The molecule has 0 amide bonds. The SMILES string of the molecule is COc1cccc(O)c1OS(=O)(=O)c1ccc(C)cc1. The van der Waals surface area contributed by atoms with Gasteiger partial charge in [0.1, 0.15) is 4.90 Å². The van der Waals surface area contributed by atoms with E-state index in [4.69, 9.17) is 8.92 Å². The molecule has 0 saturated carbocycles. The second-order valence-corrected chi connectivity index (χ2v) is 5.71. The molecule has 2 aromatic rings. The summed E-state index contributed by atoms with van der Waals surface area (Å²) in [7, 11) is -2.66. The second-order valence-electron chi connectivity index (χ2n) is 4.16. The molecule has 0 unspecified atom stereocenters. The third-order valence-corrected chi connectivity index (χ3v) is 3.92. The number of rotatable bonds is 4. The average molecular weight is 294 g/mol. The van der Waals surface area contributed by atoms with Crippen molar-refractivity contribution in [2.24, 2.45) is 0 Å². The van der Waals surface area contributed by atoms with E-state index in [1.807, 2.05) is 6.92 Å². The van der Waals surface area contributed by atoms with Gasteiger partial charge in [-0.3, -0.25) is 0 Å². The van der Waals surface area contributed by atoms with E-state index in [1.165, 1.54) is 37.4 Å². The van der Waals surface area contributed by atoms with Crippen molar-refractivity contribution < 1.29 is 22.4 Å². The van der Waals surface area contributed by atoms with E-state index in [9.17, 15) is 13.5 Å². The lowest BCUT2D eigenvalue weighted by atomic mass is 10.2. The first kappa shape index (κ1) is 14.2. The molecule has 2 aromatic carbocycles. The first-order valence-electron chi connectivity index (χ1n) is 5.81. The Morgan fingerprint density at radius 1 is 1.05 bits per heavy atom. The van der Waals surface area contributed by atoms with Gasteiger partial charge in [0.25, 0.3) is 0 Å². The summed E-state index contributed by atoms with van der Waals surface area (Å²) in [5.41, 5.74) is 0.934. The van der Waals surface area contributed by atoms with Crippen LogP contribution in [0, 0.1) is 6.92 Å². The highest BCUT2D eigenvalue weighted by molar-refractivity contribution is 7.87. The van der Waals surface area contributed by atoms with Crippen molar-refractivity contribution in [3.8, 4) is 17.2 Å². The summed E-state index contributed by atoms with van der Waals surface area (Å²) in [4.78, 5) is 0.00778. The van der Waals surface area contributed by atoms with Gasteiger partial charge in [0.2, 0.25) is 5.75 Å². The van der Waals surface area contributed by atoms with E-state index in [2.05, 4.69) is 0 Å². The number of para-hydroxylation sites is 1. The average Bonchev–Trinajstić information content (AvgIpc) is 2.41. The molecule has 0 saturated heterocycles. The van der Waals surface area contributed by atoms with Crippen LogP contribution in [-0.2, 0) is 10.1 Å². The molecule has 6 heteroatoms. The minimum atomic E-state index is -4.03. The number of benzene rings is 2. The van der Waals surface area contributed by atoms with Gasteiger partial charge in [-0.05, 0) is 31.2 Å². The van der Waals surface area contributed by atoms with Gasteiger partial charge in [0.15, 0.2) is 11.5 Å². The van der Waals surface area contributed by atoms with Crippen LogP contribution in [0.4, 0.5) is 0 Å². The Hall–Kier alpha value is -2.21. The topological polar surface area (TPSA) is 72.8 Å². The van der Waals surface area contributed by atoms with Crippen molar-refractivity contribution in [3.63, 3.8) is 0 Å². The molecule has 5 nitrogen and oxygen atoms in total. The second kappa shape index (κ2) is 5.42. The van der Waals surface area contributed by atoms with Gasteiger partial charge in [-0.25, -0.2) is 0 Å². The molecule has 0 aliphatic rings. The van der Waals surface area contributed by atoms with E-state index in [1.54, 1.807) is 12.1 Å². The first-order chi connectivity index (χ1) is 9.44. The Balaban J connectivity index is 2.41. The standard InChI is InChI=1S/C14H14O5S/c1-10-6-8-11(9-7-10)20(16,17)19-14-12(15)4-3-5-13(14)18-2/h3-9,15H,1-2H3. The zero-order valence-corrected chi connectivity index (χ0v) is 11.8. The first-order valence-corrected chi connectivity index (χ1v) is 7.22. The van der Waals surface area contributed by atoms with Gasteiger partial charge in [-0.1, -0.05) is 23.8 Å². The Kier molecular flexibility index (Phi) is 3.85. The zero-order valence-electron chi connectivity index (χ0n) is 11.0. The molecule has 0 aliphatic carbocycles. The van der Waals surface area contributed by atoms with Crippen LogP contribution < -0.4 is 8.92 Å². The van der Waals surface area contributed by atoms with Gasteiger partial charge in [-0.2, -0.15) is 8.42 Å². The Morgan fingerprint density at radius 2 is 1.70 bits per heavy atom. The molecule has 0 fully saturated rings. The Morgan fingerprint density at radius 3 is 2.30 bits per heavy atom. The van der Waals surface area contributed by atoms with Gasteiger partial charge in [0.05, 0.1) is 7.11 Å². The number of hydrogen-bond donors (Lipinski definition) is 1. The summed E-state index contributed by atoms with van der Waals surface area (Å²) in [5, 5.41) is 9.71. The molecule has 0 aromatic heterocycles. The van der Waals surface area contributed by atoms with Crippen LogP contribution >= 0.6 is 0 Å². The van der Waals surface area contributed by atoms with Gasteiger partial charge >= 0.3 is 10.1 Å². The lowest BCUT2D eigenvalue weighted by molar-refractivity contribution is 0.373. The molecular weight excluding hydrogens is 280 g/mol. The summed E-state index contributed by atoms with van der Waals surface area (Å²) in [6.45, 7) is 1.85. The molecule has 2 rings (SSSR count). The lowest BCUT2D eigenvalue weighted by Crippen LogP contribution is -2.10. The largest absolute Gasteiger partial charge is 0.504 e. The zero-order chi connectivity index (χ0) is 14.8. The van der Waals surface area contributed by atoms with E-state index >= 15 is 0 Å². The number of aromatic hydroxyl groups is 1. The molecular formula is C14H14O5S. The van der Waals surface area contributed by atoms with Crippen LogP contribution in [0.5, 0.6) is 17.2 Å². The molecule has 0 radical (unpaired) electrons. The number of hydrogen-bond acceptors (Lipinski definition) is 5. The third-order valence-electron chi connectivity index (χ3n) is 2.68. The van der Waals surface area contributed by atoms with Crippen molar-refractivity contribution >= 4 is 10.1 Å². The highest BCUT2D eigenvalue weighted by Gasteiger charge is 2.21.